The summed E-state index contributed by atoms with van der Waals surface area (Å²) in [4.78, 5) is 0. The quantitative estimate of drug-likeness (QED) is 0.202. The van der Waals surface area contributed by atoms with Gasteiger partial charge in [-0.15, -0.1) is 0 Å². The smallest absolute Gasteiger partial charge is 0.129 e. The van der Waals surface area contributed by atoms with Gasteiger partial charge in [-0.1, -0.05) is 84.9 Å². The zero-order valence-electron chi connectivity index (χ0n) is 21.2. The molecule has 4 aromatic carbocycles. The van der Waals surface area contributed by atoms with Crippen molar-refractivity contribution in [2.45, 2.75) is 31.2 Å². The molecule has 3 atom stereocenters. The largest absolute Gasteiger partial charge is 0.612 e. The van der Waals surface area contributed by atoms with Gasteiger partial charge in [-0.3, -0.25) is 4.68 Å². The number of anilines is 1. The van der Waals surface area contributed by atoms with Gasteiger partial charge in [0.25, 0.3) is 0 Å². The van der Waals surface area contributed by atoms with E-state index in [9.17, 15) is 4.55 Å². The van der Waals surface area contributed by atoms with E-state index in [1.165, 1.54) is 44.7 Å². The van der Waals surface area contributed by atoms with Crippen molar-refractivity contribution in [1.82, 2.24) is 9.78 Å². The summed E-state index contributed by atoms with van der Waals surface area (Å²) < 4.78 is 12.5. The van der Waals surface area contributed by atoms with E-state index in [2.05, 4.69) is 88.6 Å². The van der Waals surface area contributed by atoms with Crippen molar-refractivity contribution in [1.29, 1.82) is 0 Å². The predicted octanol–water partition coefficient (Wildman–Crippen LogP) is 7.30. The number of aromatic nitrogens is 2. The van der Waals surface area contributed by atoms with Crippen molar-refractivity contribution in [3.8, 4) is 0 Å². The Morgan fingerprint density at radius 2 is 1.71 bits per heavy atom. The Balaban J connectivity index is 0.000000330. The highest BCUT2D eigenvalue weighted by Crippen LogP contribution is 2.46. The molecule has 0 saturated heterocycles. The zero-order chi connectivity index (χ0) is 25.9. The number of fused-ring (bicyclic) bond motifs is 5. The van der Waals surface area contributed by atoms with E-state index in [-0.39, 0.29) is 6.04 Å². The lowest BCUT2D eigenvalue weighted by molar-refractivity contribution is 0.395. The lowest BCUT2D eigenvalue weighted by Gasteiger charge is -2.34. The Bertz CT molecular complexity index is 1620. The van der Waals surface area contributed by atoms with Gasteiger partial charge in [-0.25, -0.2) is 0 Å². The molecule has 1 aromatic heterocycles. The van der Waals surface area contributed by atoms with Crippen LogP contribution in [0, 0.1) is 0 Å². The second kappa shape index (κ2) is 10.9. The molecule has 4 nitrogen and oxygen atoms in total. The maximum atomic E-state index is 10.4. The molecule has 2 aliphatic rings. The van der Waals surface area contributed by atoms with Gasteiger partial charge in [0, 0.05) is 12.1 Å². The van der Waals surface area contributed by atoms with E-state index in [1.54, 1.807) is 17.7 Å². The third-order valence-electron chi connectivity index (χ3n) is 7.56. The molecular weight excluding hydrogens is 486 g/mol. The van der Waals surface area contributed by atoms with Crippen LogP contribution in [0.3, 0.4) is 0 Å². The summed E-state index contributed by atoms with van der Waals surface area (Å²) in [6.07, 6.45) is 12.8. The third-order valence-corrected chi connectivity index (χ3v) is 8.54. The standard InChI is InChI=1S/C28H25N3.C5H6OS/c29-22-17-30-31(18-22)28(21-8-2-1-3-9-21)26-12-6-10-20-14-15-24-23-11-5-4-7-19(23)13-16-25(24)27(20)26;6-7-4-2-1-3-5-7/h1-5,7-9,11,13-18,26,28H,6,10,12,29H2;1-4H,5H2. The lowest BCUT2D eigenvalue weighted by atomic mass is 9.74. The summed E-state index contributed by atoms with van der Waals surface area (Å²) in [5.41, 5.74) is 11.0. The molecule has 0 spiro atoms. The van der Waals surface area contributed by atoms with E-state index in [0.717, 1.165) is 12.8 Å². The number of rotatable bonds is 3. The molecule has 1 aliphatic heterocycles. The molecule has 2 N–H and O–H groups in total. The minimum Gasteiger partial charge on any atom is -0.612 e. The first-order valence-corrected chi connectivity index (χ1v) is 14.6. The fourth-order valence-corrected chi connectivity index (χ4v) is 6.60. The summed E-state index contributed by atoms with van der Waals surface area (Å²) in [5, 5.41) is 11.7. The molecule has 190 valence electrons. The average molecular weight is 518 g/mol. The maximum Gasteiger partial charge on any atom is 0.129 e. The van der Waals surface area contributed by atoms with Crippen molar-refractivity contribution in [3.63, 3.8) is 0 Å². The molecule has 0 amide bonds. The third kappa shape index (κ3) is 4.87. The summed E-state index contributed by atoms with van der Waals surface area (Å²) in [6, 6.07) is 28.8. The number of aryl methyl sites for hydroxylation is 1. The second-order valence-corrected chi connectivity index (χ2v) is 11.3. The topological polar surface area (TPSA) is 66.9 Å². The Kier molecular flexibility index (Phi) is 7.04. The molecule has 38 heavy (non-hydrogen) atoms. The fourth-order valence-electron chi connectivity index (χ4n) is 5.93. The fraction of sp³-hybridized carbons (Fsp3) is 0.182. The van der Waals surface area contributed by atoms with Gasteiger partial charge >= 0.3 is 0 Å². The van der Waals surface area contributed by atoms with E-state index >= 15 is 0 Å². The van der Waals surface area contributed by atoms with Crippen LogP contribution in [0.15, 0.2) is 115 Å². The first kappa shape index (κ1) is 24.5. The summed E-state index contributed by atoms with van der Waals surface area (Å²) in [7, 11) is 0. The number of hydrogen-bond acceptors (Lipinski definition) is 3. The predicted molar refractivity (Wildman–Crippen MR) is 160 cm³/mol. The van der Waals surface area contributed by atoms with Crippen LogP contribution in [0.4, 0.5) is 5.69 Å². The van der Waals surface area contributed by atoms with E-state index in [4.69, 9.17) is 5.73 Å². The van der Waals surface area contributed by atoms with Gasteiger partial charge < -0.3 is 10.3 Å². The molecule has 0 radical (unpaired) electrons. The van der Waals surface area contributed by atoms with Crippen LogP contribution >= 0.6 is 0 Å². The molecule has 0 saturated carbocycles. The van der Waals surface area contributed by atoms with Gasteiger partial charge in [0.2, 0.25) is 0 Å². The Morgan fingerprint density at radius 3 is 2.45 bits per heavy atom. The molecule has 5 heteroatoms. The Morgan fingerprint density at radius 1 is 0.895 bits per heavy atom. The summed E-state index contributed by atoms with van der Waals surface area (Å²) >= 11 is -0.708. The van der Waals surface area contributed by atoms with Crippen LogP contribution in [0.2, 0.25) is 0 Å². The molecule has 7 rings (SSSR count). The highest BCUT2D eigenvalue weighted by Gasteiger charge is 2.32. The molecule has 2 heterocycles. The Hall–Kier alpha value is -3.80. The molecule has 3 unspecified atom stereocenters. The first-order valence-electron chi connectivity index (χ1n) is 13.2. The number of nitrogen functional groups attached to an aromatic ring is 1. The number of nitrogens with zero attached hydrogens (tertiary/aromatic N) is 2. The molecule has 5 aromatic rings. The maximum absolute atomic E-state index is 10.4. The Labute approximate surface area is 226 Å². The number of benzene rings is 4. The van der Waals surface area contributed by atoms with Crippen molar-refractivity contribution in [3.05, 3.63) is 132 Å². The SMILES string of the molecule is Nc1cnn(C(c2ccccc2)C2CCCc3ccc4c(ccc5ccccc54)c32)c1.[O-][S+]1C=CC=CC1. The second-order valence-electron chi connectivity index (χ2n) is 9.93. The van der Waals surface area contributed by atoms with Crippen molar-refractivity contribution >= 4 is 38.4 Å². The van der Waals surface area contributed by atoms with Gasteiger partial charge in [-0.2, -0.15) is 5.10 Å². The monoisotopic (exact) mass is 517 g/mol. The number of nitrogens with two attached hydrogens (primary N) is 1. The average Bonchev–Trinajstić information content (AvgIpc) is 3.39. The van der Waals surface area contributed by atoms with Gasteiger partial charge in [-0.05, 0) is 80.8 Å². The zero-order valence-corrected chi connectivity index (χ0v) is 22.1. The molecular formula is C33H31N3OS. The normalized spacial score (nSPS) is 19.1. The number of allylic oxidation sites excluding steroid dienone is 2. The van der Waals surface area contributed by atoms with Crippen molar-refractivity contribution < 1.29 is 4.55 Å². The molecule has 0 bridgehead atoms. The van der Waals surface area contributed by atoms with Gasteiger partial charge in [0.1, 0.15) is 11.2 Å². The molecule has 0 fully saturated rings. The van der Waals surface area contributed by atoms with Crippen molar-refractivity contribution in [2.24, 2.45) is 0 Å². The lowest BCUT2D eigenvalue weighted by Crippen LogP contribution is -2.24. The van der Waals surface area contributed by atoms with Gasteiger partial charge in [0.05, 0.1) is 17.9 Å². The van der Waals surface area contributed by atoms with Gasteiger partial charge in [0.15, 0.2) is 0 Å². The van der Waals surface area contributed by atoms with Crippen LogP contribution in [-0.4, -0.2) is 20.1 Å². The van der Waals surface area contributed by atoms with Crippen molar-refractivity contribution in [2.75, 3.05) is 11.5 Å². The van der Waals surface area contributed by atoms with E-state index in [1.807, 2.05) is 18.3 Å². The van der Waals surface area contributed by atoms with Crippen LogP contribution in [0.5, 0.6) is 0 Å². The van der Waals surface area contributed by atoms with E-state index < -0.39 is 11.2 Å². The van der Waals surface area contributed by atoms with Crippen LogP contribution in [0.1, 0.15) is 41.5 Å². The highest BCUT2D eigenvalue weighted by atomic mass is 32.2. The minimum absolute atomic E-state index is 0.120. The van der Waals surface area contributed by atoms with Crippen LogP contribution in [-0.2, 0) is 17.6 Å². The summed E-state index contributed by atoms with van der Waals surface area (Å²) in [6.45, 7) is 0. The van der Waals surface area contributed by atoms with Crippen LogP contribution in [0.25, 0.3) is 21.5 Å². The van der Waals surface area contributed by atoms with E-state index in [0.29, 0.717) is 17.4 Å². The number of hydrogen-bond donors (Lipinski definition) is 1. The minimum atomic E-state index is -0.708. The molecule has 1 aliphatic carbocycles. The van der Waals surface area contributed by atoms with Crippen LogP contribution < -0.4 is 5.73 Å². The highest BCUT2D eigenvalue weighted by molar-refractivity contribution is 7.94. The summed E-state index contributed by atoms with van der Waals surface area (Å²) in [5.74, 6) is 1.03. The first-order chi connectivity index (χ1) is 18.7.